The van der Waals surface area contributed by atoms with Crippen LogP contribution >= 0.6 is 0 Å². The van der Waals surface area contributed by atoms with E-state index in [4.69, 9.17) is 37.3 Å². The van der Waals surface area contributed by atoms with Gasteiger partial charge in [0.05, 0.1) is 0 Å². The fourth-order valence-corrected chi connectivity index (χ4v) is 2.35. The summed E-state index contributed by atoms with van der Waals surface area (Å²) in [5, 5.41) is 0. The van der Waals surface area contributed by atoms with Gasteiger partial charge in [0.15, 0.2) is 0 Å². The third-order valence-electron chi connectivity index (χ3n) is 3.89. The zero-order chi connectivity index (χ0) is 22.4. The van der Waals surface area contributed by atoms with Crippen molar-refractivity contribution in [3.63, 3.8) is 0 Å². The molecule has 0 unspecified atom stereocenters. The summed E-state index contributed by atoms with van der Waals surface area (Å²) < 4.78 is 67.9. The van der Waals surface area contributed by atoms with Crippen molar-refractivity contribution in [3.8, 4) is 0 Å². The second-order valence-electron chi connectivity index (χ2n) is 6.68. The van der Waals surface area contributed by atoms with E-state index in [0.29, 0.717) is 0 Å². The molecule has 1 fully saturated rings. The van der Waals surface area contributed by atoms with E-state index < -0.39 is 20.5 Å². The number of hydrogen-bond donors (Lipinski definition) is 0. The van der Waals surface area contributed by atoms with E-state index >= 15 is 0 Å². The Morgan fingerprint density at radius 3 is 0.690 bits per heavy atom. The van der Waals surface area contributed by atoms with Crippen LogP contribution in [0.15, 0.2) is 0 Å². The average molecular weight is 514 g/mol. The minimum Gasteiger partial charge on any atom is -0.305 e. The van der Waals surface area contributed by atoms with Crippen molar-refractivity contribution in [1.82, 2.24) is 19.6 Å². The summed E-state index contributed by atoms with van der Waals surface area (Å²) in [6.45, 7) is 9.63. The van der Waals surface area contributed by atoms with Gasteiger partial charge in [0.2, 0.25) is 0 Å². The SMILES string of the molecule is CN1CCCN(C)CCN(C)CCCN(C)CC1.[Co+2].[O-][Cl+3]([O-])([O-])[O-].[O-][Cl+3]([O-])([O-])[O-]. The van der Waals surface area contributed by atoms with Crippen molar-refractivity contribution in [2.24, 2.45) is 0 Å². The molecule has 0 bridgehead atoms. The van der Waals surface area contributed by atoms with Gasteiger partial charge in [-0.15, -0.1) is 20.5 Å². The van der Waals surface area contributed by atoms with E-state index in [1.165, 1.54) is 65.2 Å². The number of likely N-dealkylation sites (N-methyl/N-ethyl adjacent to an activating group) is 4. The molecule has 0 amide bonds. The summed E-state index contributed by atoms with van der Waals surface area (Å²) in [7, 11) is -0.915. The fourth-order valence-electron chi connectivity index (χ4n) is 2.35. The van der Waals surface area contributed by atoms with Crippen LogP contribution in [-0.4, -0.2) is 100 Å². The first-order valence-corrected chi connectivity index (χ1v) is 11.0. The van der Waals surface area contributed by atoms with Crippen LogP contribution in [0.2, 0.25) is 0 Å². The molecular weight excluding hydrogens is 482 g/mol. The van der Waals surface area contributed by atoms with Gasteiger partial charge >= 0.3 is 16.8 Å². The number of hydrogen-bond acceptors (Lipinski definition) is 12. The molecule has 0 aliphatic carbocycles. The molecule has 12 nitrogen and oxygen atoms in total. The van der Waals surface area contributed by atoms with Gasteiger partial charge in [-0.25, -0.2) is 37.3 Å². The topological polar surface area (TPSA) is 197 Å². The fraction of sp³-hybridized carbons (Fsp3) is 1.00. The zero-order valence-electron chi connectivity index (χ0n) is 17.2. The largest absolute Gasteiger partial charge is 2.00 e. The summed E-state index contributed by atoms with van der Waals surface area (Å²) >= 11 is 0. The number of halogens is 2. The predicted octanol–water partition coefficient (Wildman–Crippen LogP) is -9.01. The maximum absolute atomic E-state index is 8.49. The Morgan fingerprint density at radius 2 is 0.552 bits per heavy atom. The molecule has 15 heteroatoms. The van der Waals surface area contributed by atoms with E-state index in [1.807, 2.05) is 0 Å². The Kier molecular flexibility index (Phi) is 21.5. The Balaban J connectivity index is -0.000000512. The van der Waals surface area contributed by atoms with Crippen LogP contribution in [0.4, 0.5) is 0 Å². The van der Waals surface area contributed by atoms with Crippen LogP contribution in [-0.2, 0) is 16.8 Å². The molecule has 1 radical (unpaired) electrons. The van der Waals surface area contributed by atoms with E-state index in [-0.39, 0.29) is 16.8 Å². The maximum Gasteiger partial charge on any atom is 2.00 e. The van der Waals surface area contributed by atoms with Gasteiger partial charge in [-0.3, -0.25) is 0 Å². The molecule has 0 aromatic carbocycles. The van der Waals surface area contributed by atoms with Crippen molar-refractivity contribution in [2.45, 2.75) is 12.8 Å². The van der Waals surface area contributed by atoms with Gasteiger partial charge in [-0.2, -0.15) is 0 Å². The normalized spacial score (nSPS) is 20.3. The second-order valence-corrected chi connectivity index (χ2v) is 8.19. The molecule has 0 N–H and O–H groups in total. The molecule has 0 saturated carbocycles. The first kappa shape index (κ1) is 34.2. The van der Waals surface area contributed by atoms with Gasteiger partial charge < -0.3 is 19.6 Å². The van der Waals surface area contributed by atoms with E-state index in [1.54, 1.807) is 0 Å². The van der Waals surface area contributed by atoms with Gasteiger partial charge in [0, 0.05) is 26.2 Å². The van der Waals surface area contributed by atoms with Crippen LogP contribution in [0.5, 0.6) is 0 Å². The first-order valence-electron chi connectivity index (χ1n) is 8.55. The van der Waals surface area contributed by atoms with Crippen molar-refractivity contribution in [2.75, 3.05) is 80.5 Å². The summed E-state index contributed by atoms with van der Waals surface area (Å²) in [5.74, 6) is 0. The average Bonchev–Trinajstić information content (AvgIpc) is 2.47. The molecule has 1 aliphatic rings. The van der Waals surface area contributed by atoms with Crippen LogP contribution in [0.25, 0.3) is 0 Å². The molecule has 1 aliphatic heterocycles. The molecule has 0 spiro atoms. The summed E-state index contributed by atoms with van der Waals surface area (Å²) in [6, 6.07) is 0. The van der Waals surface area contributed by atoms with Crippen molar-refractivity contribution in [1.29, 1.82) is 0 Å². The van der Waals surface area contributed by atoms with Crippen LogP contribution in [0, 0.1) is 20.5 Å². The molecule has 0 atom stereocenters. The Hall–Kier alpha value is 0.606. The summed E-state index contributed by atoms with van der Waals surface area (Å²) in [4.78, 5) is 9.84. The predicted molar refractivity (Wildman–Crippen MR) is 79.2 cm³/mol. The third-order valence-corrected chi connectivity index (χ3v) is 3.89. The second kappa shape index (κ2) is 18.2. The van der Waals surface area contributed by atoms with E-state index in [0.717, 1.165) is 0 Å². The molecule has 1 saturated heterocycles. The Bertz CT molecular complexity index is 315. The number of rotatable bonds is 0. The van der Waals surface area contributed by atoms with Gasteiger partial charge in [0.25, 0.3) is 0 Å². The minimum atomic E-state index is -4.94. The first-order chi connectivity index (χ1) is 12.6. The van der Waals surface area contributed by atoms with Crippen LogP contribution in [0.1, 0.15) is 12.8 Å². The Morgan fingerprint density at radius 1 is 0.414 bits per heavy atom. The van der Waals surface area contributed by atoms with Crippen molar-refractivity contribution >= 4 is 0 Å². The van der Waals surface area contributed by atoms with Crippen LogP contribution < -0.4 is 37.3 Å². The van der Waals surface area contributed by atoms with Gasteiger partial charge in [0.1, 0.15) is 0 Å². The maximum atomic E-state index is 8.49. The monoisotopic (exact) mass is 513 g/mol. The van der Waals surface area contributed by atoms with Gasteiger partial charge in [-0.1, -0.05) is 0 Å². The summed E-state index contributed by atoms with van der Waals surface area (Å²) in [5.41, 5.74) is 0. The summed E-state index contributed by atoms with van der Waals surface area (Å²) in [6.07, 6.45) is 2.56. The quantitative estimate of drug-likeness (QED) is 0.296. The molecule has 179 valence electrons. The van der Waals surface area contributed by atoms with E-state index in [9.17, 15) is 0 Å². The van der Waals surface area contributed by atoms with Crippen molar-refractivity contribution in [3.05, 3.63) is 0 Å². The Labute approximate surface area is 187 Å². The molecule has 29 heavy (non-hydrogen) atoms. The molecule has 0 aromatic rings. The molecule has 1 rings (SSSR count). The van der Waals surface area contributed by atoms with E-state index in [2.05, 4.69) is 47.8 Å². The van der Waals surface area contributed by atoms with Gasteiger partial charge in [-0.05, 0) is 67.2 Å². The smallest absolute Gasteiger partial charge is 0.305 e. The van der Waals surface area contributed by atoms with Crippen molar-refractivity contribution < 1.29 is 74.5 Å². The molecule has 0 aromatic heterocycles. The standard InChI is InChI=1S/C14H32N4.2ClHO4.Co/c1-15-7-5-8-17(3)13-14-18(4)10-6-9-16(2)12-11-15;2*2-1(3,4)5;/h5-14H2,1-4H3;2*(H,2,3,4,5);/q;;;+2/p-2. The van der Waals surface area contributed by atoms with Crippen LogP contribution in [0.3, 0.4) is 0 Å². The third kappa shape index (κ3) is 39.6. The zero-order valence-corrected chi connectivity index (χ0v) is 19.8. The molecular formula is C14H32Cl2CoN4O8. The number of nitrogens with zero attached hydrogens (tertiary/aromatic N) is 4. The molecule has 1 heterocycles. The minimum absolute atomic E-state index is 0.